The normalized spacial score (nSPS) is 20.5. The number of benzene rings is 1. The Morgan fingerprint density at radius 2 is 2.28 bits per heavy atom. The molecule has 0 saturated carbocycles. The van der Waals surface area contributed by atoms with Gasteiger partial charge in [0, 0.05) is 23.6 Å². The highest BCUT2D eigenvalue weighted by Gasteiger charge is 2.21. The van der Waals surface area contributed by atoms with Gasteiger partial charge >= 0.3 is 0 Å². The van der Waals surface area contributed by atoms with Gasteiger partial charge in [-0.05, 0) is 49.7 Å². The van der Waals surface area contributed by atoms with Crippen LogP contribution in [0.4, 0.5) is 4.39 Å². The van der Waals surface area contributed by atoms with Gasteiger partial charge in [0.15, 0.2) is 0 Å². The van der Waals surface area contributed by atoms with Crippen molar-refractivity contribution >= 4 is 15.9 Å². The highest BCUT2D eigenvalue weighted by molar-refractivity contribution is 9.10. The Labute approximate surface area is 117 Å². The van der Waals surface area contributed by atoms with E-state index >= 15 is 0 Å². The number of rotatable bonds is 5. The molecule has 18 heavy (non-hydrogen) atoms. The summed E-state index contributed by atoms with van der Waals surface area (Å²) in [5, 5.41) is 3.43. The summed E-state index contributed by atoms with van der Waals surface area (Å²) in [4.78, 5) is 2.51. The summed E-state index contributed by atoms with van der Waals surface area (Å²) in [6, 6.07) is 5.68. The third-order valence-electron chi connectivity index (χ3n) is 3.54. The summed E-state index contributed by atoms with van der Waals surface area (Å²) in [6.45, 7) is 6.26. The Bertz CT molecular complexity index is 377. The van der Waals surface area contributed by atoms with E-state index in [0.717, 1.165) is 29.7 Å². The van der Waals surface area contributed by atoms with E-state index < -0.39 is 0 Å². The Morgan fingerprint density at radius 1 is 1.44 bits per heavy atom. The molecule has 0 amide bonds. The molecule has 1 aliphatic heterocycles. The van der Waals surface area contributed by atoms with Crippen molar-refractivity contribution in [3.8, 4) is 0 Å². The maximum Gasteiger partial charge on any atom is 0.124 e. The third kappa shape index (κ3) is 3.77. The van der Waals surface area contributed by atoms with Crippen LogP contribution in [-0.2, 0) is 6.54 Å². The number of likely N-dealkylation sites (N-methyl/N-ethyl adjacent to an activating group) is 1. The molecule has 0 aliphatic carbocycles. The quantitative estimate of drug-likeness (QED) is 0.898. The molecule has 0 spiro atoms. The first-order valence-electron chi connectivity index (χ1n) is 6.58. The molecule has 1 atom stereocenters. The van der Waals surface area contributed by atoms with Crippen molar-refractivity contribution in [1.82, 2.24) is 10.2 Å². The highest BCUT2D eigenvalue weighted by Crippen LogP contribution is 2.17. The number of nitrogens with zero attached hydrogens (tertiary/aromatic N) is 1. The van der Waals surface area contributed by atoms with Crippen molar-refractivity contribution in [2.45, 2.75) is 32.4 Å². The van der Waals surface area contributed by atoms with E-state index in [9.17, 15) is 4.39 Å². The second kappa shape index (κ2) is 6.64. The Balaban J connectivity index is 1.81. The summed E-state index contributed by atoms with van der Waals surface area (Å²) in [5.74, 6) is -0.183. The summed E-state index contributed by atoms with van der Waals surface area (Å²) in [6.07, 6.45) is 2.57. The monoisotopic (exact) mass is 314 g/mol. The van der Waals surface area contributed by atoms with Crippen molar-refractivity contribution in [2.75, 3.05) is 19.6 Å². The molecule has 1 heterocycles. The summed E-state index contributed by atoms with van der Waals surface area (Å²) >= 11 is 3.32. The number of nitrogens with one attached hydrogen (secondary N) is 1. The fourth-order valence-corrected chi connectivity index (χ4v) is 3.15. The predicted molar refractivity (Wildman–Crippen MR) is 76.1 cm³/mol. The fraction of sp³-hybridized carbons (Fsp3) is 0.571. The summed E-state index contributed by atoms with van der Waals surface area (Å²) in [7, 11) is 0. The van der Waals surface area contributed by atoms with Crippen LogP contribution in [0.25, 0.3) is 0 Å². The molecule has 1 aliphatic rings. The lowest BCUT2D eigenvalue weighted by Crippen LogP contribution is -2.37. The second-order valence-electron chi connectivity index (χ2n) is 4.83. The zero-order valence-electron chi connectivity index (χ0n) is 10.8. The van der Waals surface area contributed by atoms with E-state index in [1.807, 2.05) is 6.07 Å². The van der Waals surface area contributed by atoms with Gasteiger partial charge in [-0.2, -0.15) is 0 Å². The number of likely N-dealkylation sites (tertiary alicyclic amines) is 1. The van der Waals surface area contributed by atoms with Gasteiger partial charge in [0.1, 0.15) is 5.82 Å². The van der Waals surface area contributed by atoms with Gasteiger partial charge in [0.2, 0.25) is 0 Å². The topological polar surface area (TPSA) is 15.3 Å². The van der Waals surface area contributed by atoms with Crippen LogP contribution in [-0.4, -0.2) is 30.6 Å². The van der Waals surface area contributed by atoms with Crippen LogP contribution in [0, 0.1) is 5.82 Å². The smallest absolute Gasteiger partial charge is 0.124 e. The van der Waals surface area contributed by atoms with Crippen LogP contribution in [0.1, 0.15) is 25.3 Å². The van der Waals surface area contributed by atoms with Crippen LogP contribution in [0.5, 0.6) is 0 Å². The first-order chi connectivity index (χ1) is 8.69. The summed E-state index contributed by atoms with van der Waals surface area (Å²) in [5.41, 5.74) is 0.989. The van der Waals surface area contributed by atoms with E-state index in [0.29, 0.717) is 6.04 Å². The average Bonchev–Trinajstić information content (AvgIpc) is 2.75. The van der Waals surface area contributed by atoms with Crippen LogP contribution in [0.15, 0.2) is 22.7 Å². The fourth-order valence-electron chi connectivity index (χ4n) is 2.64. The predicted octanol–water partition coefficient (Wildman–Crippen LogP) is 3.16. The molecule has 4 heteroatoms. The maximum atomic E-state index is 13.2. The summed E-state index contributed by atoms with van der Waals surface area (Å²) < 4.78 is 14.0. The number of halogens is 2. The first-order valence-corrected chi connectivity index (χ1v) is 7.38. The second-order valence-corrected chi connectivity index (χ2v) is 5.75. The van der Waals surface area contributed by atoms with Crippen molar-refractivity contribution < 1.29 is 4.39 Å². The van der Waals surface area contributed by atoms with Crippen molar-refractivity contribution in [2.24, 2.45) is 0 Å². The van der Waals surface area contributed by atoms with Gasteiger partial charge < -0.3 is 5.32 Å². The van der Waals surface area contributed by atoms with Gasteiger partial charge in [-0.25, -0.2) is 4.39 Å². The van der Waals surface area contributed by atoms with E-state index in [1.54, 1.807) is 6.07 Å². The van der Waals surface area contributed by atoms with Crippen molar-refractivity contribution in [3.63, 3.8) is 0 Å². The van der Waals surface area contributed by atoms with Gasteiger partial charge in [-0.15, -0.1) is 0 Å². The molecule has 100 valence electrons. The zero-order chi connectivity index (χ0) is 13.0. The highest BCUT2D eigenvalue weighted by atomic mass is 79.9. The average molecular weight is 315 g/mol. The number of hydrogen-bond donors (Lipinski definition) is 1. The molecule has 1 aromatic carbocycles. The lowest BCUT2D eigenvalue weighted by Gasteiger charge is -2.23. The zero-order valence-corrected chi connectivity index (χ0v) is 12.3. The lowest BCUT2D eigenvalue weighted by molar-refractivity contribution is 0.260. The van der Waals surface area contributed by atoms with E-state index in [4.69, 9.17) is 0 Å². The van der Waals surface area contributed by atoms with Crippen LogP contribution < -0.4 is 5.32 Å². The molecule has 2 nitrogen and oxygen atoms in total. The van der Waals surface area contributed by atoms with E-state index in [2.05, 4.69) is 33.1 Å². The Morgan fingerprint density at radius 3 is 3.00 bits per heavy atom. The molecule has 2 rings (SSSR count). The largest absolute Gasteiger partial charge is 0.311 e. The van der Waals surface area contributed by atoms with Gasteiger partial charge in [-0.1, -0.05) is 22.9 Å². The Hall–Kier alpha value is -0.450. The Kier molecular flexibility index (Phi) is 5.15. The van der Waals surface area contributed by atoms with Gasteiger partial charge in [0.05, 0.1) is 0 Å². The molecule has 0 aromatic heterocycles. The molecular weight excluding hydrogens is 295 g/mol. The minimum Gasteiger partial charge on any atom is -0.311 e. The molecule has 1 aromatic rings. The maximum absolute atomic E-state index is 13.2. The molecule has 1 fully saturated rings. The number of hydrogen-bond acceptors (Lipinski definition) is 2. The van der Waals surface area contributed by atoms with Crippen molar-refractivity contribution in [3.05, 3.63) is 34.1 Å². The molecule has 1 unspecified atom stereocenters. The van der Waals surface area contributed by atoms with Gasteiger partial charge in [0.25, 0.3) is 0 Å². The first kappa shape index (κ1) is 14.0. The minimum atomic E-state index is -0.183. The van der Waals surface area contributed by atoms with E-state index in [1.165, 1.54) is 25.5 Å². The van der Waals surface area contributed by atoms with E-state index in [-0.39, 0.29) is 5.82 Å². The lowest BCUT2D eigenvalue weighted by atomic mass is 10.2. The molecular formula is C14H20BrFN2. The van der Waals surface area contributed by atoms with Gasteiger partial charge in [-0.3, -0.25) is 4.90 Å². The standard InChI is InChI=1S/C14H20BrFN2/c1-2-18-5-3-4-14(18)10-17-9-11-6-12(15)8-13(16)7-11/h6-8,14,17H,2-5,9-10H2,1H3. The van der Waals surface area contributed by atoms with Crippen LogP contribution in [0.2, 0.25) is 0 Å². The molecule has 1 saturated heterocycles. The molecule has 0 bridgehead atoms. The third-order valence-corrected chi connectivity index (χ3v) is 3.99. The molecule has 0 radical (unpaired) electrons. The minimum absolute atomic E-state index is 0.183. The SMILES string of the molecule is CCN1CCCC1CNCc1cc(F)cc(Br)c1. The van der Waals surface area contributed by atoms with Crippen LogP contribution >= 0.6 is 15.9 Å². The van der Waals surface area contributed by atoms with Crippen molar-refractivity contribution in [1.29, 1.82) is 0 Å². The molecule has 1 N–H and O–H groups in total. The van der Waals surface area contributed by atoms with Crippen LogP contribution in [0.3, 0.4) is 0 Å².